The molecule has 5 heteroatoms. The number of nitrogens with one attached hydrogen (secondary N) is 1. The first kappa shape index (κ1) is 13.7. The fourth-order valence-corrected chi connectivity index (χ4v) is 2.83. The fourth-order valence-electron chi connectivity index (χ4n) is 2.83. The molecule has 1 unspecified atom stereocenters. The van der Waals surface area contributed by atoms with E-state index in [0.717, 1.165) is 36.4 Å². The molecule has 1 aliphatic rings. The molecule has 19 heavy (non-hydrogen) atoms. The zero-order chi connectivity index (χ0) is 13.8. The van der Waals surface area contributed by atoms with Gasteiger partial charge in [0.2, 0.25) is 0 Å². The van der Waals surface area contributed by atoms with E-state index in [1.54, 1.807) is 14.2 Å². The minimum atomic E-state index is -0.260. The Morgan fingerprint density at radius 3 is 2.84 bits per heavy atom. The summed E-state index contributed by atoms with van der Waals surface area (Å²) in [4.78, 5) is 12.4. The van der Waals surface area contributed by atoms with Crippen LogP contribution in [-0.4, -0.2) is 33.2 Å². The van der Waals surface area contributed by atoms with Crippen LogP contribution >= 0.6 is 0 Å². The van der Waals surface area contributed by atoms with Crippen molar-refractivity contribution in [3.63, 3.8) is 0 Å². The number of nitrogens with two attached hydrogens (primary N) is 1. The predicted octanol–water partition coefficient (Wildman–Crippen LogP) is -0.0911. The van der Waals surface area contributed by atoms with Crippen molar-refractivity contribution in [3.05, 3.63) is 23.8 Å². The molecular weight excluding hydrogens is 244 g/mol. The Morgan fingerprint density at radius 2 is 2.21 bits per heavy atom. The van der Waals surface area contributed by atoms with E-state index in [1.165, 1.54) is 4.90 Å². The molecular formula is C14H21N2O3+. The maximum atomic E-state index is 11.2. The molecule has 1 saturated heterocycles. The highest BCUT2D eigenvalue weighted by molar-refractivity contribution is 5.74. The number of carbonyl (C=O) groups excluding carboxylic acids is 1. The van der Waals surface area contributed by atoms with Gasteiger partial charge in [-0.05, 0) is 18.2 Å². The summed E-state index contributed by atoms with van der Waals surface area (Å²) in [7, 11) is 3.31. The molecule has 0 bridgehead atoms. The van der Waals surface area contributed by atoms with Crippen LogP contribution in [0.5, 0.6) is 11.5 Å². The highest BCUT2D eigenvalue weighted by atomic mass is 16.5. The van der Waals surface area contributed by atoms with Crippen LogP contribution in [0, 0.1) is 0 Å². The molecule has 2 atom stereocenters. The number of amides is 1. The SMILES string of the molecule is COc1ccc(OC)c([C@H]2CCC[NH+]2CC(N)=O)c1. The van der Waals surface area contributed by atoms with Crippen molar-refractivity contribution in [1.29, 1.82) is 0 Å². The van der Waals surface area contributed by atoms with Gasteiger partial charge in [0.25, 0.3) is 5.91 Å². The van der Waals surface area contributed by atoms with Gasteiger partial charge in [-0.2, -0.15) is 0 Å². The van der Waals surface area contributed by atoms with Gasteiger partial charge < -0.3 is 20.1 Å². The Kier molecular flexibility index (Phi) is 4.27. The van der Waals surface area contributed by atoms with E-state index in [4.69, 9.17) is 15.2 Å². The van der Waals surface area contributed by atoms with E-state index in [2.05, 4.69) is 0 Å². The van der Waals surface area contributed by atoms with Crippen LogP contribution in [0.25, 0.3) is 0 Å². The van der Waals surface area contributed by atoms with Gasteiger partial charge in [0.05, 0.1) is 26.3 Å². The number of ether oxygens (including phenoxy) is 2. The van der Waals surface area contributed by atoms with Crippen molar-refractivity contribution in [2.24, 2.45) is 5.73 Å². The second-order valence-corrected chi connectivity index (χ2v) is 4.85. The highest BCUT2D eigenvalue weighted by Crippen LogP contribution is 2.31. The molecule has 2 rings (SSSR count). The van der Waals surface area contributed by atoms with Gasteiger partial charge in [0, 0.05) is 12.8 Å². The molecule has 1 fully saturated rings. The van der Waals surface area contributed by atoms with Crippen molar-refractivity contribution < 1.29 is 19.2 Å². The second kappa shape index (κ2) is 5.93. The van der Waals surface area contributed by atoms with E-state index in [1.807, 2.05) is 18.2 Å². The van der Waals surface area contributed by atoms with Gasteiger partial charge in [-0.25, -0.2) is 0 Å². The maximum Gasteiger partial charge on any atom is 0.272 e. The molecule has 1 amide bonds. The van der Waals surface area contributed by atoms with Crippen molar-refractivity contribution in [3.8, 4) is 11.5 Å². The lowest BCUT2D eigenvalue weighted by Crippen LogP contribution is -3.11. The first-order valence-electron chi connectivity index (χ1n) is 6.50. The van der Waals surface area contributed by atoms with Crippen molar-refractivity contribution in [2.45, 2.75) is 18.9 Å². The maximum absolute atomic E-state index is 11.2. The number of quaternary nitrogens is 1. The third-order valence-electron chi connectivity index (χ3n) is 3.70. The third kappa shape index (κ3) is 2.98. The Bertz CT molecular complexity index is 462. The molecule has 1 aromatic carbocycles. The molecule has 0 aliphatic carbocycles. The normalized spacial score (nSPS) is 22.2. The van der Waals surface area contributed by atoms with Crippen molar-refractivity contribution >= 4 is 5.91 Å². The van der Waals surface area contributed by atoms with Gasteiger partial charge in [0.1, 0.15) is 17.5 Å². The first-order chi connectivity index (χ1) is 9.15. The summed E-state index contributed by atoms with van der Waals surface area (Å²) >= 11 is 0. The number of hydrogen-bond acceptors (Lipinski definition) is 3. The standard InChI is InChI=1S/C14H20N2O3/c1-18-10-5-6-13(19-2)11(8-10)12-4-3-7-16(12)9-14(15)17/h5-6,8,12H,3-4,7,9H2,1-2H3,(H2,15,17)/p+1/t12-/m1/s1. The van der Waals surface area contributed by atoms with Crippen LogP contribution < -0.4 is 20.1 Å². The minimum absolute atomic E-state index is 0.248. The van der Waals surface area contributed by atoms with Gasteiger partial charge in [-0.1, -0.05) is 0 Å². The monoisotopic (exact) mass is 265 g/mol. The largest absolute Gasteiger partial charge is 0.497 e. The van der Waals surface area contributed by atoms with E-state index < -0.39 is 0 Å². The number of carbonyl (C=O) groups is 1. The average Bonchev–Trinajstić information content (AvgIpc) is 2.85. The van der Waals surface area contributed by atoms with E-state index in [0.29, 0.717) is 6.54 Å². The van der Waals surface area contributed by atoms with Gasteiger partial charge in [-0.3, -0.25) is 4.79 Å². The van der Waals surface area contributed by atoms with Crippen molar-refractivity contribution in [2.75, 3.05) is 27.3 Å². The van der Waals surface area contributed by atoms with Crippen LogP contribution in [0.2, 0.25) is 0 Å². The summed E-state index contributed by atoms with van der Waals surface area (Å²) in [5.74, 6) is 1.39. The molecule has 0 spiro atoms. The molecule has 0 radical (unpaired) electrons. The molecule has 5 nitrogen and oxygen atoms in total. The summed E-state index contributed by atoms with van der Waals surface area (Å²) in [5.41, 5.74) is 6.42. The lowest BCUT2D eigenvalue weighted by molar-refractivity contribution is -0.910. The van der Waals surface area contributed by atoms with Crippen LogP contribution in [0.3, 0.4) is 0 Å². The minimum Gasteiger partial charge on any atom is -0.497 e. The lowest BCUT2D eigenvalue weighted by atomic mass is 10.0. The number of hydrogen-bond donors (Lipinski definition) is 2. The lowest BCUT2D eigenvalue weighted by Gasteiger charge is -2.22. The Labute approximate surface area is 113 Å². The smallest absolute Gasteiger partial charge is 0.272 e. The number of rotatable bonds is 5. The van der Waals surface area contributed by atoms with Crippen LogP contribution in [0.4, 0.5) is 0 Å². The fraction of sp³-hybridized carbons (Fsp3) is 0.500. The predicted molar refractivity (Wildman–Crippen MR) is 71.4 cm³/mol. The number of primary amides is 1. The van der Waals surface area contributed by atoms with Crippen LogP contribution in [-0.2, 0) is 4.79 Å². The van der Waals surface area contributed by atoms with Gasteiger partial charge in [0.15, 0.2) is 6.54 Å². The zero-order valence-corrected chi connectivity index (χ0v) is 11.4. The summed E-state index contributed by atoms with van der Waals surface area (Å²) in [6.07, 6.45) is 2.12. The van der Waals surface area contributed by atoms with E-state index in [-0.39, 0.29) is 11.9 Å². The summed E-state index contributed by atoms with van der Waals surface area (Å²) in [6.45, 7) is 1.33. The Balaban J connectivity index is 2.30. The van der Waals surface area contributed by atoms with Gasteiger partial charge >= 0.3 is 0 Å². The molecule has 1 heterocycles. The molecule has 3 N–H and O–H groups in total. The molecule has 104 valence electrons. The molecule has 1 aliphatic heterocycles. The molecule has 0 saturated carbocycles. The third-order valence-corrected chi connectivity index (χ3v) is 3.70. The number of likely N-dealkylation sites (tertiary alicyclic amines) is 1. The summed E-state index contributed by atoms with van der Waals surface area (Å²) < 4.78 is 10.7. The van der Waals surface area contributed by atoms with Crippen LogP contribution in [0.1, 0.15) is 24.4 Å². The average molecular weight is 265 g/mol. The van der Waals surface area contributed by atoms with E-state index in [9.17, 15) is 4.79 Å². The number of methoxy groups -OCH3 is 2. The second-order valence-electron chi connectivity index (χ2n) is 4.85. The highest BCUT2D eigenvalue weighted by Gasteiger charge is 2.33. The number of benzene rings is 1. The quantitative estimate of drug-likeness (QED) is 0.782. The summed E-state index contributed by atoms with van der Waals surface area (Å²) in [6, 6.07) is 6.03. The summed E-state index contributed by atoms with van der Waals surface area (Å²) in [5, 5.41) is 0. The van der Waals surface area contributed by atoms with Crippen LogP contribution in [0.15, 0.2) is 18.2 Å². The molecule has 1 aromatic rings. The Morgan fingerprint density at radius 1 is 1.42 bits per heavy atom. The topological polar surface area (TPSA) is 66.0 Å². The molecule has 0 aromatic heterocycles. The zero-order valence-electron chi connectivity index (χ0n) is 11.4. The van der Waals surface area contributed by atoms with Crippen molar-refractivity contribution in [1.82, 2.24) is 0 Å². The first-order valence-corrected chi connectivity index (χ1v) is 6.50. The van der Waals surface area contributed by atoms with Gasteiger partial charge in [-0.15, -0.1) is 0 Å². The Hall–Kier alpha value is -1.75. The van der Waals surface area contributed by atoms with E-state index >= 15 is 0 Å².